The maximum atomic E-state index is 12.9. The van der Waals surface area contributed by atoms with Crippen LogP contribution in [0.15, 0.2) is 54.6 Å². The average molecular weight is 375 g/mol. The Bertz CT molecular complexity index is 974. The molecule has 6 heteroatoms. The van der Waals surface area contributed by atoms with E-state index >= 15 is 0 Å². The minimum absolute atomic E-state index is 0.0746. The van der Waals surface area contributed by atoms with Crippen molar-refractivity contribution in [1.29, 1.82) is 0 Å². The van der Waals surface area contributed by atoms with E-state index in [1.165, 1.54) is 0 Å². The van der Waals surface area contributed by atoms with E-state index in [4.69, 9.17) is 5.73 Å². The number of nitrogens with two attached hydrogens (primary N) is 1. The summed E-state index contributed by atoms with van der Waals surface area (Å²) in [5, 5.41) is 12.3. The van der Waals surface area contributed by atoms with Gasteiger partial charge in [-0.25, -0.2) is 0 Å². The van der Waals surface area contributed by atoms with Gasteiger partial charge in [0.15, 0.2) is 11.6 Å². The van der Waals surface area contributed by atoms with Crippen molar-refractivity contribution in [2.75, 3.05) is 0 Å². The molecule has 0 unspecified atom stereocenters. The van der Waals surface area contributed by atoms with Gasteiger partial charge in [0.05, 0.1) is 0 Å². The fourth-order valence-electron chi connectivity index (χ4n) is 4.16. The first kappa shape index (κ1) is 18.4. The summed E-state index contributed by atoms with van der Waals surface area (Å²) in [6, 6.07) is 17.3. The van der Waals surface area contributed by atoms with Gasteiger partial charge in [-0.1, -0.05) is 55.3 Å². The molecule has 3 N–H and O–H groups in total. The van der Waals surface area contributed by atoms with Crippen LogP contribution >= 0.6 is 0 Å². The lowest BCUT2D eigenvalue weighted by atomic mass is 9.95. The van der Waals surface area contributed by atoms with Crippen molar-refractivity contribution < 1.29 is 4.79 Å². The SMILES string of the molecule is Cn1c(-c2ccccc2CN)nnc1C1(NC(=O)c2ccccc2)CCCC1. The summed E-state index contributed by atoms with van der Waals surface area (Å²) in [6.45, 7) is 0.439. The largest absolute Gasteiger partial charge is 0.339 e. The zero-order valence-electron chi connectivity index (χ0n) is 16.1. The monoisotopic (exact) mass is 375 g/mol. The Morgan fingerprint density at radius 2 is 1.75 bits per heavy atom. The van der Waals surface area contributed by atoms with Gasteiger partial charge in [0.1, 0.15) is 5.54 Å². The van der Waals surface area contributed by atoms with Gasteiger partial charge in [-0.15, -0.1) is 10.2 Å². The molecule has 0 atom stereocenters. The number of nitrogens with one attached hydrogen (secondary N) is 1. The van der Waals surface area contributed by atoms with Crippen molar-refractivity contribution in [3.05, 3.63) is 71.5 Å². The number of nitrogens with zero attached hydrogens (tertiary/aromatic N) is 3. The maximum Gasteiger partial charge on any atom is 0.252 e. The highest BCUT2D eigenvalue weighted by molar-refractivity contribution is 5.94. The van der Waals surface area contributed by atoms with Crippen LogP contribution in [0.1, 0.15) is 47.4 Å². The van der Waals surface area contributed by atoms with Crippen molar-refractivity contribution in [3.8, 4) is 11.4 Å². The summed E-state index contributed by atoms with van der Waals surface area (Å²) < 4.78 is 2.01. The first-order chi connectivity index (χ1) is 13.6. The molecular formula is C22H25N5O. The Morgan fingerprint density at radius 3 is 2.46 bits per heavy atom. The number of benzene rings is 2. The number of amides is 1. The van der Waals surface area contributed by atoms with Crippen LogP contribution < -0.4 is 11.1 Å². The van der Waals surface area contributed by atoms with Crippen molar-refractivity contribution in [1.82, 2.24) is 20.1 Å². The summed E-state index contributed by atoms with van der Waals surface area (Å²) in [4.78, 5) is 12.9. The van der Waals surface area contributed by atoms with E-state index in [9.17, 15) is 4.79 Å². The van der Waals surface area contributed by atoms with Crippen LogP contribution in [-0.2, 0) is 19.1 Å². The lowest BCUT2D eigenvalue weighted by molar-refractivity contribution is 0.0891. The van der Waals surface area contributed by atoms with Crippen LogP contribution in [0.2, 0.25) is 0 Å². The quantitative estimate of drug-likeness (QED) is 0.717. The molecule has 1 aliphatic rings. The molecule has 4 rings (SSSR count). The van der Waals surface area contributed by atoms with Gasteiger partial charge in [0.25, 0.3) is 5.91 Å². The highest BCUT2D eigenvalue weighted by Gasteiger charge is 2.41. The number of carbonyl (C=O) groups excluding carboxylic acids is 1. The number of hydrogen-bond donors (Lipinski definition) is 2. The van der Waals surface area contributed by atoms with Gasteiger partial charge in [-0.05, 0) is 30.5 Å². The Hall–Kier alpha value is -2.99. The van der Waals surface area contributed by atoms with Crippen LogP contribution in [0.5, 0.6) is 0 Å². The second kappa shape index (κ2) is 7.56. The van der Waals surface area contributed by atoms with Gasteiger partial charge in [-0.2, -0.15) is 0 Å². The van der Waals surface area contributed by atoms with Crippen molar-refractivity contribution in [2.24, 2.45) is 12.8 Å². The number of carbonyl (C=O) groups is 1. The molecule has 1 saturated carbocycles. The predicted molar refractivity (Wildman–Crippen MR) is 108 cm³/mol. The standard InChI is InChI=1S/C22H25N5O/c1-27-19(18-12-6-5-11-17(18)15-23)25-26-21(27)22(13-7-8-14-22)24-20(28)16-9-3-2-4-10-16/h2-6,9-12H,7-8,13-15,23H2,1H3,(H,24,28). The highest BCUT2D eigenvalue weighted by atomic mass is 16.1. The third-order valence-electron chi connectivity index (χ3n) is 5.63. The molecule has 1 aliphatic carbocycles. The molecule has 1 aromatic heterocycles. The molecule has 0 spiro atoms. The van der Waals surface area contributed by atoms with Crippen LogP contribution in [0, 0.1) is 0 Å². The number of rotatable bonds is 5. The van der Waals surface area contributed by atoms with E-state index in [2.05, 4.69) is 15.5 Å². The molecule has 0 aliphatic heterocycles. The Kier molecular flexibility index (Phi) is 4.96. The molecule has 0 radical (unpaired) electrons. The van der Waals surface area contributed by atoms with Crippen LogP contribution in [0.25, 0.3) is 11.4 Å². The van der Waals surface area contributed by atoms with E-state index < -0.39 is 5.54 Å². The second-order valence-corrected chi connectivity index (χ2v) is 7.38. The summed E-state index contributed by atoms with van der Waals surface area (Å²) in [5.74, 6) is 1.50. The molecule has 0 saturated heterocycles. The lowest BCUT2D eigenvalue weighted by Crippen LogP contribution is -2.45. The van der Waals surface area contributed by atoms with Gasteiger partial charge >= 0.3 is 0 Å². The summed E-state index contributed by atoms with van der Waals surface area (Å²) >= 11 is 0. The minimum Gasteiger partial charge on any atom is -0.339 e. The third kappa shape index (κ3) is 3.20. The second-order valence-electron chi connectivity index (χ2n) is 7.38. The molecule has 6 nitrogen and oxygen atoms in total. The minimum atomic E-state index is -0.495. The van der Waals surface area contributed by atoms with Crippen molar-refractivity contribution >= 4 is 5.91 Å². The van der Waals surface area contributed by atoms with Crippen LogP contribution in [-0.4, -0.2) is 20.7 Å². The van der Waals surface area contributed by atoms with Crippen molar-refractivity contribution in [2.45, 2.75) is 37.8 Å². The van der Waals surface area contributed by atoms with Gasteiger partial charge in [0, 0.05) is 24.7 Å². The van der Waals surface area contributed by atoms with E-state index in [1.807, 2.05) is 66.2 Å². The van der Waals surface area contributed by atoms with Gasteiger partial charge in [0.2, 0.25) is 0 Å². The van der Waals surface area contributed by atoms with Crippen LogP contribution in [0.3, 0.4) is 0 Å². The molecule has 1 fully saturated rings. The fraction of sp³-hybridized carbons (Fsp3) is 0.318. The molecule has 1 amide bonds. The van der Waals surface area contributed by atoms with E-state index in [1.54, 1.807) is 0 Å². The molecule has 2 aromatic carbocycles. The zero-order chi connectivity index (χ0) is 19.6. The smallest absolute Gasteiger partial charge is 0.252 e. The van der Waals surface area contributed by atoms with E-state index in [-0.39, 0.29) is 5.91 Å². The first-order valence-electron chi connectivity index (χ1n) is 9.70. The summed E-state index contributed by atoms with van der Waals surface area (Å²) in [6.07, 6.45) is 3.82. The Labute approximate surface area is 164 Å². The summed E-state index contributed by atoms with van der Waals surface area (Å²) in [5.41, 5.74) is 8.08. The van der Waals surface area contributed by atoms with E-state index in [0.717, 1.165) is 48.5 Å². The average Bonchev–Trinajstić information content (AvgIpc) is 3.36. The number of hydrogen-bond acceptors (Lipinski definition) is 4. The molecule has 144 valence electrons. The molecule has 3 aromatic rings. The van der Waals surface area contributed by atoms with Crippen molar-refractivity contribution in [3.63, 3.8) is 0 Å². The molecule has 28 heavy (non-hydrogen) atoms. The normalized spacial score (nSPS) is 15.5. The van der Waals surface area contributed by atoms with Crippen LogP contribution in [0.4, 0.5) is 0 Å². The van der Waals surface area contributed by atoms with Gasteiger partial charge in [-0.3, -0.25) is 4.79 Å². The summed E-state index contributed by atoms with van der Waals surface area (Å²) in [7, 11) is 1.96. The fourth-order valence-corrected chi connectivity index (χ4v) is 4.16. The topological polar surface area (TPSA) is 85.8 Å². The maximum absolute atomic E-state index is 12.9. The Balaban J connectivity index is 1.71. The zero-order valence-corrected chi connectivity index (χ0v) is 16.1. The third-order valence-corrected chi connectivity index (χ3v) is 5.63. The Morgan fingerprint density at radius 1 is 1.07 bits per heavy atom. The predicted octanol–water partition coefficient (Wildman–Crippen LogP) is 3.14. The molecular weight excluding hydrogens is 350 g/mol. The molecule has 0 bridgehead atoms. The van der Waals surface area contributed by atoms with E-state index in [0.29, 0.717) is 12.1 Å². The van der Waals surface area contributed by atoms with Gasteiger partial charge < -0.3 is 15.6 Å². The number of aromatic nitrogens is 3. The lowest BCUT2D eigenvalue weighted by Gasteiger charge is -2.29. The first-order valence-corrected chi connectivity index (χ1v) is 9.70. The highest BCUT2D eigenvalue weighted by Crippen LogP contribution is 2.39. The molecule has 1 heterocycles.